The lowest BCUT2D eigenvalue weighted by Gasteiger charge is -2.22. The summed E-state index contributed by atoms with van der Waals surface area (Å²) < 4.78 is 0. The molecule has 0 aromatic heterocycles. The van der Waals surface area contributed by atoms with Crippen LogP contribution in [-0.4, -0.2) is 56.1 Å². The van der Waals surface area contributed by atoms with Gasteiger partial charge in [-0.25, -0.2) is 0 Å². The summed E-state index contributed by atoms with van der Waals surface area (Å²) >= 11 is 1.74. The molecule has 0 bridgehead atoms. The second-order valence-corrected chi connectivity index (χ2v) is 7.38. The molecular formula is C21H29IN4OS. The number of aliphatic imine (C=N–C) groups is 1. The highest BCUT2D eigenvalue weighted by Crippen LogP contribution is 2.15. The summed E-state index contributed by atoms with van der Waals surface area (Å²) in [6.45, 7) is 1.43. The predicted octanol–water partition coefficient (Wildman–Crippen LogP) is 3.94. The van der Waals surface area contributed by atoms with Crippen LogP contribution in [0.1, 0.15) is 21.5 Å². The smallest absolute Gasteiger partial charge is 0.253 e. The third kappa shape index (κ3) is 7.01. The molecule has 2 aromatic rings. The van der Waals surface area contributed by atoms with Crippen LogP contribution in [0, 0.1) is 0 Å². The van der Waals surface area contributed by atoms with Crippen LogP contribution >= 0.6 is 35.7 Å². The largest absolute Gasteiger partial charge is 0.352 e. The summed E-state index contributed by atoms with van der Waals surface area (Å²) in [6.07, 6.45) is 2.08. The lowest BCUT2D eigenvalue weighted by molar-refractivity contribution is 0.0827. The minimum absolute atomic E-state index is 0. The Morgan fingerprint density at radius 1 is 1.00 bits per heavy atom. The topological polar surface area (TPSA) is 47.9 Å². The maximum atomic E-state index is 12.0. The molecular weight excluding hydrogens is 483 g/mol. The molecule has 7 heteroatoms. The highest BCUT2D eigenvalue weighted by molar-refractivity contribution is 14.0. The van der Waals surface area contributed by atoms with Crippen LogP contribution in [0.15, 0.2) is 58.4 Å². The number of carbonyl (C=O) groups is 1. The van der Waals surface area contributed by atoms with Crippen LogP contribution in [0.3, 0.4) is 0 Å². The molecule has 0 spiro atoms. The number of hydrogen-bond acceptors (Lipinski definition) is 3. The standard InChI is InChI=1S/C21H28N4OS.HI/c1-22-21(25(4)15-17-8-12-19(27-5)13-9-17)23-14-16-6-10-18(11-7-16)20(26)24(2)3;/h6-13H,14-15H2,1-5H3,(H,22,23);1H. The van der Waals surface area contributed by atoms with E-state index in [0.717, 1.165) is 18.1 Å². The van der Waals surface area contributed by atoms with Crippen LogP contribution in [0.25, 0.3) is 0 Å². The summed E-state index contributed by atoms with van der Waals surface area (Å²) in [7, 11) is 7.32. The highest BCUT2D eigenvalue weighted by atomic mass is 127. The van der Waals surface area contributed by atoms with Crippen molar-refractivity contribution < 1.29 is 4.79 Å². The van der Waals surface area contributed by atoms with Crippen molar-refractivity contribution in [1.29, 1.82) is 0 Å². The zero-order chi connectivity index (χ0) is 19.8. The van der Waals surface area contributed by atoms with E-state index in [-0.39, 0.29) is 29.9 Å². The van der Waals surface area contributed by atoms with Gasteiger partial charge in [0, 0.05) is 51.7 Å². The molecule has 0 saturated heterocycles. The number of nitrogens with zero attached hydrogens (tertiary/aromatic N) is 3. The minimum Gasteiger partial charge on any atom is -0.352 e. The molecule has 0 unspecified atom stereocenters. The molecule has 5 nitrogen and oxygen atoms in total. The third-order valence-corrected chi connectivity index (χ3v) is 4.95. The Labute approximate surface area is 189 Å². The van der Waals surface area contributed by atoms with Crippen molar-refractivity contribution in [3.63, 3.8) is 0 Å². The number of thioether (sulfide) groups is 1. The first-order valence-electron chi connectivity index (χ1n) is 8.80. The van der Waals surface area contributed by atoms with E-state index in [2.05, 4.69) is 45.7 Å². The first-order chi connectivity index (χ1) is 12.9. The van der Waals surface area contributed by atoms with Crippen molar-refractivity contribution in [2.45, 2.75) is 18.0 Å². The van der Waals surface area contributed by atoms with Gasteiger partial charge < -0.3 is 15.1 Å². The summed E-state index contributed by atoms with van der Waals surface area (Å²) in [5, 5.41) is 3.38. The van der Waals surface area contributed by atoms with E-state index in [1.807, 2.05) is 31.3 Å². The fourth-order valence-corrected chi connectivity index (χ4v) is 3.08. The average Bonchev–Trinajstić information content (AvgIpc) is 2.69. The lowest BCUT2D eigenvalue weighted by Crippen LogP contribution is -2.38. The first-order valence-corrected chi connectivity index (χ1v) is 10.0. The normalized spacial score (nSPS) is 10.8. The van der Waals surface area contributed by atoms with Crippen LogP contribution in [0.5, 0.6) is 0 Å². The van der Waals surface area contributed by atoms with Gasteiger partial charge in [0.05, 0.1) is 0 Å². The number of guanidine groups is 1. The molecule has 0 aliphatic carbocycles. The summed E-state index contributed by atoms with van der Waals surface area (Å²) in [4.78, 5) is 21.3. The Morgan fingerprint density at radius 2 is 1.57 bits per heavy atom. The average molecular weight is 512 g/mol. The molecule has 0 fully saturated rings. The molecule has 2 rings (SSSR count). The molecule has 1 N–H and O–H groups in total. The molecule has 0 heterocycles. The van der Waals surface area contributed by atoms with Crippen molar-refractivity contribution in [2.24, 2.45) is 4.99 Å². The Kier molecular flexibility index (Phi) is 10.4. The van der Waals surface area contributed by atoms with Gasteiger partial charge in [-0.15, -0.1) is 35.7 Å². The number of rotatable bonds is 6. The van der Waals surface area contributed by atoms with Crippen molar-refractivity contribution in [2.75, 3.05) is 34.4 Å². The molecule has 28 heavy (non-hydrogen) atoms. The number of amides is 1. The van der Waals surface area contributed by atoms with Gasteiger partial charge in [0.1, 0.15) is 0 Å². The Bertz CT molecular complexity index is 776. The lowest BCUT2D eigenvalue weighted by atomic mass is 10.1. The van der Waals surface area contributed by atoms with E-state index < -0.39 is 0 Å². The van der Waals surface area contributed by atoms with Gasteiger partial charge in [0.15, 0.2) is 5.96 Å². The van der Waals surface area contributed by atoms with E-state index >= 15 is 0 Å². The molecule has 0 aliphatic rings. The summed E-state index contributed by atoms with van der Waals surface area (Å²) in [5.41, 5.74) is 3.04. The molecule has 152 valence electrons. The fraction of sp³-hybridized carbons (Fsp3) is 0.333. The van der Waals surface area contributed by atoms with Crippen LogP contribution in [-0.2, 0) is 13.1 Å². The van der Waals surface area contributed by atoms with Gasteiger partial charge in [0.25, 0.3) is 5.91 Å². The fourth-order valence-electron chi connectivity index (χ4n) is 2.67. The first kappa shape index (κ1) is 24.3. The van der Waals surface area contributed by atoms with E-state index in [9.17, 15) is 4.79 Å². The van der Waals surface area contributed by atoms with Gasteiger partial charge in [0.2, 0.25) is 0 Å². The monoisotopic (exact) mass is 512 g/mol. The van der Waals surface area contributed by atoms with E-state index in [1.54, 1.807) is 37.8 Å². The van der Waals surface area contributed by atoms with Crippen molar-refractivity contribution in [1.82, 2.24) is 15.1 Å². The van der Waals surface area contributed by atoms with Gasteiger partial charge in [-0.05, 0) is 41.6 Å². The van der Waals surface area contributed by atoms with Crippen LogP contribution in [0.2, 0.25) is 0 Å². The maximum Gasteiger partial charge on any atom is 0.253 e. The number of carbonyl (C=O) groups excluding carboxylic acids is 1. The van der Waals surface area contributed by atoms with Crippen molar-refractivity contribution in [3.8, 4) is 0 Å². The molecule has 0 aliphatic heterocycles. The second-order valence-electron chi connectivity index (χ2n) is 6.50. The van der Waals surface area contributed by atoms with Gasteiger partial charge >= 0.3 is 0 Å². The van der Waals surface area contributed by atoms with Gasteiger partial charge in [-0.3, -0.25) is 9.79 Å². The number of halogens is 1. The quantitative estimate of drug-likeness (QED) is 0.276. The Balaban J connectivity index is 0.00000392. The second kappa shape index (κ2) is 12.0. The van der Waals surface area contributed by atoms with Crippen LogP contribution in [0.4, 0.5) is 0 Å². The highest BCUT2D eigenvalue weighted by Gasteiger charge is 2.09. The SMILES string of the molecule is CN=C(NCc1ccc(C(=O)N(C)C)cc1)N(C)Cc1ccc(SC)cc1.I. The van der Waals surface area contributed by atoms with Crippen molar-refractivity contribution in [3.05, 3.63) is 65.2 Å². The molecule has 0 radical (unpaired) electrons. The number of nitrogens with one attached hydrogen (secondary N) is 1. The van der Waals surface area contributed by atoms with E-state index in [0.29, 0.717) is 12.1 Å². The summed E-state index contributed by atoms with van der Waals surface area (Å²) in [6, 6.07) is 16.2. The zero-order valence-corrected chi connectivity index (χ0v) is 20.2. The van der Waals surface area contributed by atoms with E-state index in [1.165, 1.54) is 10.5 Å². The molecule has 2 aromatic carbocycles. The Morgan fingerprint density at radius 3 is 2.07 bits per heavy atom. The zero-order valence-electron chi connectivity index (χ0n) is 17.1. The van der Waals surface area contributed by atoms with Crippen molar-refractivity contribution >= 4 is 47.6 Å². The van der Waals surface area contributed by atoms with Gasteiger partial charge in [-0.2, -0.15) is 0 Å². The molecule has 1 amide bonds. The van der Waals surface area contributed by atoms with Crippen LogP contribution < -0.4 is 5.32 Å². The summed E-state index contributed by atoms with van der Waals surface area (Å²) in [5.74, 6) is 0.843. The minimum atomic E-state index is 0. The maximum absolute atomic E-state index is 12.0. The molecule has 0 atom stereocenters. The third-order valence-electron chi connectivity index (χ3n) is 4.21. The van der Waals surface area contributed by atoms with Gasteiger partial charge in [-0.1, -0.05) is 24.3 Å². The molecule has 0 saturated carbocycles. The number of hydrogen-bond donors (Lipinski definition) is 1. The Hall–Kier alpha value is -1.74. The van der Waals surface area contributed by atoms with E-state index in [4.69, 9.17) is 0 Å². The number of benzene rings is 2. The predicted molar refractivity (Wildman–Crippen MR) is 130 cm³/mol.